The highest BCUT2D eigenvalue weighted by molar-refractivity contribution is 6.38. The van der Waals surface area contributed by atoms with Gasteiger partial charge >= 0.3 is 0 Å². The van der Waals surface area contributed by atoms with E-state index >= 15 is 0 Å². The van der Waals surface area contributed by atoms with E-state index in [4.69, 9.17) is 36.8 Å². The van der Waals surface area contributed by atoms with E-state index in [1.165, 1.54) is 12.1 Å². The first kappa shape index (κ1) is 21.3. The molecule has 0 spiro atoms. The second kappa shape index (κ2) is 8.43. The van der Waals surface area contributed by atoms with Gasteiger partial charge in [-0.05, 0) is 31.2 Å². The molecule has 33 heavy (non-hydrogen) atoms. The fraction of sp³-hybridized carbons (Fsp3) is 0.0769. The minimum atomic E-state index is -0.478. The number of carbonyl (C=O) groups is 1. The van der Waals surface area contributed by atoms with Gasteiger partial charge in [-0.15, -0.1) is 0 Å². The predicted molar refractivity (Wildman–Crippen MR) is 129 cm³/mol. The molecule has 0 aliphatic rings. The van der Waals surface area contributed by atoms with Gasteiger partial charge in [0, 0.05) is 16.0 Å². The summed E-state index contributed by atoms with van der Waals surface area (Å²) in [6.07, 6.45) is 0. The fourth-order valence-corrected chi connectivity index (χ4v) is 4.09. The summed E-state index contributed by atoms with van der Waals surface area (Å²) in [5.41, 5.74) is 1.95. The van der Waals surface area contributed by atoms with Crippen molar-refractivity contribution in [1.29, 1.82) is 0 Å². The molecule has 0 aliphatic heterocycles. The van der Waals surface area contributed by atoms with E-state index < -0.39 is 17.8 Å². The number of carbonyl (C=O) groups excluding carboxylic acids is 1. The first-order chi connectivity index (χ1) is 15.9. The third kappa shape index (κ3) is 4.01. The molecule has 0 aliphatic carbocycles. The van der Waals surface area contributed by atoms with Crippen LogP contribution in [0, 0.1) is 6.92 Å². The first-order valence-electron chi connectivity index (χ1n) is 10.1. The highest BCUT2D eigenvalue weighted by Gasteiger charge is 2.22. The van der Waals surface area contributed by atoms with Crippen LogP contribution in [0.15, 0.2) is 80.4 Å². The zero-order chi connectivity index (χ0) is 23.1. The minimum Gasteiger partial charge on any atom is -0.478 e. The molecule has 0 saturated heterocycles. The molecular weight excluding hydrogens is 463 g/mol. The topological polar surface area (TPSA) is 69.7 Å². The quantitative estimate of drug-likeness (QED) is 0.252. The molecule has 2 heterocycles. The molecule has 0 atom stereocenters. The molecule has 0 saturated carbocycles. The van der Waals surface area contributed by atoms with Crippen molar-refractivity contribution in [3.63, 3.8) is 0 Å². The summed E-state index contributed by atoms with van der Waals surface area (Å²) in [7, 11) is 0. The predicted octanol–water partition coefficient (Wildman–Crippen LogP) is 7.08. The molecule has 2 aromatic heterocycles. The number of rotatable bonds is 5. The van der Waals surface area contributed by atoms with Gasteiger partial charge in [-0.1, -0.05) is 71.2 Å². The van der Waals surface area contributed by atoms with Gasteiger partial charge < -0.3 is 13.6 Å². The van der Waals surface area contributed by atoms with Crippen LogP contribution < -0.4 is 10.2 Å². The van der Waals surface area contributed by atoms with Gasteiger partial charge in [-0.3, -0.25) is 9.59 Å². The third-order valence-electron chi connectivity index (χ3n) is 5.23. The summed E-state index contributed by atoms with van der Waals surface area (Å²) in [6, 6.07) is 19.3. The highest BCUT2D eigenvalue weighted by Crippen LogP contribution is 2.35. The molecular formula is C26H16Cl2O5. The lowest BCUT2D eigenvalue weighted by Crippen LogP contribution is -2.16. The van der Waals surface area contributed by atoms with E-state index in [9.17, 15) is 9.59 Å². The zero-order valence-electron chi connectivity index (χ0n) is 17.4. The largest absolute Gasteiger partial charge is 0.478 e. The van der Waals surface area contributed by atoms with Crippen LogP contribution in [0.3, 0.4) is 0 Å². The van der Waals surface area contributed by atoms with Crippen molar-refractivity contribution in [1.82, 2.24) is 0 Å². The molecule has 164 valence electrons. The lowest BCUT2D eigenvalue weighted by atomic mass is 10.1. The maximum absolute atomic E-state index is 13.3. The first-order valence-corrected chi connectivity index (χ1v) is 10.8. The third-order valence-corrected chi connectivity index (χ3v) is 5.73. The number of halogens is 2. The Kier molecular flexibility index (Phi) is 5.44. The molecule has 7 heteroatoms. The van der Waals surface area contributed by atoms with Gasteiger partial charge in [-0.25, -0.2) is 0 Å². The number of ketones is 1. The number of fused-ring (bicyclic) bond motifs is 2. The maximum atomic E-state index is 13.3. The SMILES string of the molecule is Cc1ccc(-c2oc3c(Cl)cc(Cl)cc3c(=O)c2OCC(=O)c2cc3ccccc3o2)cc1. The Balaban J connectivity index is 1.58. The van der Waals surface area contributed by atoms with Crippen molar-refractivity contribution < 1.29 is 18.4 Å². The normalized spacial score (nSPS) is 11.2. The fourth-order valence-electron chi connectivity index (χ4n) is 3.56. The monoisotopic (exact) mass is 478 g/mol. The number of hydrogen-bond acceptors (Lipinski definition) is 5. The second-order valence-electron chi connectivity index (χ2n) is 7.58. The van der Waals surface area contributed by atoms with Gasteiger partial charge in [-0.2, -0.15) is 0 Å². The maximum Gasteiger partial charge on any atom is 0.235 e. The molecule has 5 nitrogen and oxygen atoms in total. The van der Waals surface area contributed by atoms with Crippen molar-refractivity contribution in [3.8, 4) is 17.1 Å². The van der Waals surface area contributed by atoms with E-state index in [1.807, 2.05) is 37.3 Å². The average molecular weight is 479 g/mol. The van der Waals surface area contributed by atoms with Crippen molar-refractivity contribution in [3.05, 3.63) is 98.3 Å². The Bertz CT molecular complexity index is 1550. The lowest BCUT2D eigenvalue weighted by molar-refractivity contribution is 0.0894. The average Bonchev–Trinajstić information content (AvgIpc) is 3.24. The summed E-state index contributed by atoms with van der Waals surface area (Å²) in [4.78, 5) is 26.1. The smallest absolute Gasteiger partial charge is 0.235 e. The van der Waals surface area contributed by atoms with Crippen LogP contribution in [-0.2, 0) is 0 Å². The highest BCUT2D eigenvalue weighted by atomic mass is 35.5. The number of ether oxygens (including phenoxy) is 1. The molecule has 5 aromatic rings. The number of Topliss-reactive ketones (excluding diaryl/α,β-unsaturated/α-hetero) is 1. The Labute approximate surface area is 198 Å². The molecule has 0 radical (unpaired) electrons. The summed E-state index contributed by atoms with van der Waals surface area (Å²) >= 11 is 12.4. The molecule has 0 unspecified atom stereocenters. The molecule has 5 rings (SSSR count). The Hall–Kier alpha value is -3.54. The number of benzene rings is 3. The molecule has 0 amide bonds. The summed E-state index contributed by atoms with van der Waals surface area (Å²) in [5, 5.41) is 1.45. The van der Waals surface area contributed by atoms with Gasteiger partial charge in [0.2, 0.25) is 17.0 Å². The number of aryl methyl sites for hydroxylation is 1. The summed E-state index contributed by atoms with van der Waals surface area (Å²) in [6.45, 7) is 1.53. The van der Waals surface area contributed by atoms with E-state index in [-0.39, 0.29) is 38.3 Å². The van der Waals surface area contributed by atoms with Crippen LogP contribution in [-0.4, -0.2) is 12.4 Å². The Morgan fingerprint density at radius 3 is 2.48 bits per heavy atom. The lowest BCUT2D eigenvalue weighted by Gasteiger charge is -2.12. The van der Waals surface area contributed by atoms with Crippen molar-refractivity contribution >= 4 is 50.9 Å². The number of furan rings is 1. The van der Waals surface area contributed by atoms with Crippen LogP contribution in [0.2, 0.25) is 10.0 Å². The second-order valence-corrected chi connectivity index (χ2v) is 8.42. The van der Waals surface area contributed by atoms with Gasteiger partial charge in [0.05, 0.1) is 10.4 Å². The summed E-state index contributed by atoms with van der Waals surface area (Å²) in [5.74, 6) is -0.197. The number of hydrogen-bond donors (Lipinski definition) is 0. The minimum absolute atomic E-state index is 0.103. The van der Waals surface area contributed by atoms with Crippen molar-refractivity contribution in [2.45, 2.75) is 6.92 Å². The van der Waals surface area contributed by atoms with Crippen LogP contribution in [0.4, 0.5) is 0 Å². The Morgan fingerprint density at radius 2 is 1.73 bits per heavy atom. The Morgan fingerprint density at radius 1 is 0.970 bits per heavy atom. The molecule has 3 aromatic carbocycles. The van der Waals surface area contributed by atoms with E-state index in [1.54, 1.807) is 24.3 Å². The molecule has 0 fully saturated rings. The van der Waals surface area contributed by atoms with Crippen LogP contribution in [0.25, 0.3) is 33.3 Å². The van der Waals surface area contributed by atoms with Crippen LogP contribution >= 0.6 is 23.2 Å². The standard InChI is InChI=1S/C26H16Cl2O5/c1-14-6-8-15(9-7-14)24-26(23(30)18-11-17(27)12-19(28)25(18)33-24)31-13-20(29)22-10-16-4-2-3-5-21(16)32-22/h2-12H,13H2,1H3. The van der Waals surface area contributed by atoms with Gasteiger partial charge in [0.1, 0.15) is 5.58 Å². The molecule has 0 N–H and O–H groups in total. The number of para-hydroxylation sites is 1. The van der Waals surface area contributed by atoms with Crippen molar-refractivity contribution in [2.75, 3.05) is 6.61 Å². The van der Waals surface area contributed by atoms with Crippen molar-refractivity contribution in [2.24, 2.45) is 0 Å². The van der Waals surface area contributed by atoms with E-state index in [0.717, 1.165) is 10.9 Å². The van der Waals surface area contributed by atoms with E-state index in [0.29, 0.717) is 11.1 Å². The van der Waals surface area contributed by atoms with Crippen LogP contribution in [0.5, 0.6) is 5.75 Å². The van der Waals surface area contributed by atoms with Crippen LogP contribution in [0.1, 0.15) is 16.1 Å². The zero-order valence-corrected chi connectivity index (χ0v) is 18.9. The van der Waals surface area contributed by atoms with Gasteiger partial charge in [0.25, 0.3) is 0 Å². The summed E-state index contributed by atoms with van der Waals surface area (Å²) < 4.78 is 17.4. The van der Waals surface area contributed by atoms with E-state index in [2.05, 4.69) is 0 Å². The van der Waals surface area contributed by atoms with Gasteiger partial charge in [0.15, 0.2) is 23.7 Å². The molecule has 0 bridgehead atoms.